The molecule has 0 aliphatic carbocycles. The third-order valence-electron chi connectivity index (χ3n) is 3.11. The molecule has 1 unspecified atom stereocenters. The average molecular weight is 360 g/mol. The van der Waals surface area contributed by atoms with Gasteiger partial charge >= 0.3 is 0 Å². The maximum atomic E-state index is 11.7. The number of carbonyl (C=O) groups is 1. The molecule has 0 bridgehead atoms. The minimum Gasteiger partial charge on any atom is -0.371 e. The SMILES string of the molecule is Cc1ccc(N(C)C(C)CC(=O)N(C)C)c(I)c1. The Morgan fingerprint density at radius 3 is 2.44 bits per heavy atom. The van der Waals surface area contributed by atoms with E-state index in [1.807, 2.05) is 7.05 Å². The van der Waals surface area contributed by atoms with E-state index in [2.05, 4.69) is 59.5 Å². The average Bonchev–Trinajstić information content (AvgIpc) is 2.27. The van der Waals surface area contributed by atoms with Crippen molar-refractivity contribution in [3.05, 3.63) is 27.3 Å². The monoisotopic (exact) mass is 360 g/mol. The van der Waals surface area contributed by atoms with Crippen LogP contribution in [0.15, 0.2) is 18.2 Å². The summed E-state index contributed by atoms with van der Waals surface area (Å²) in [5, 5.41) is 0. The molecule has 0 aromatic heterocycles. The molecule has 1 aromatic carbocycles. The van der Waals surface area contributed by atoms with Crippen LogP contribution < -0.4 is 4.90 Å². The highest BCUT2D eigenvalue weighted by Gasteiger charge is 2.17. The number of anilines is 1. The summed E-state index contributed by atoms with van der Waals surface area (Å²) in [6.07, 6.45) is 0.535. The van der Waals surface area contributed by atoms with Crippen molar-refractivity contribution in [2.75, 3.05) is 26.0 Å². The molecule has 0 fully saturated rings. The Morgan fingerprint density at radius 1 is 1.33 bits per heavy atom. The second-order valence-electron chi connectivity index (χ2n) is 4.91. The van der Waals surface area contributed by atoms with Gasteiger partial charge in [0.15, 0.2) is 0 Å². The van der Waals surface area contributed by atoms with Crippen molar-refractivity contribution in [2.24, 2.45) is 0 Å². The largest absolute Gasteiger partial charge is 0.371 e. The standard InChI is InChI=1S/C14H21IN2O/c1-10-6-7-13(12(15)8-10)17(5)11(2)9-14(18)16(3)4/h6-8,11H,9H2,1-5H3. The Bertz CT molecular complexity index is 432. The number of halogens is 1. The van der Waals surface area contributed by atoms with Gasteiger partial charge in [-0.2, -0.15) is 0 Å². The van der Waals surface area contributed by atoms with Gasteiger partial charge in [0.2, 0.25) is 5.91 Å². The summed E-state index contributed by atoms with van der Waals surface area (Å²) in [5.74, 6) is 0.163. The first-order valence-electron chi connectivity index (χ1n) is 6.02. The highest BCUT2D eigenvalue weighted by Crippen LogP contribution is 2.25. The van der Waals surface area contributed by atoms with Crippen molar-refractivity contribution in [3.8, 4) is 0 Å². The Kier molecular flexibility index (Phi) is 5.44. The topological polar surface area (TPSA) is 23.6 Å². The lowest BCUT2D eigenvalue weighted by molar-refractivity contribution is -0.128. The molecule has 1 rings (SSSR count). The molecule has 0 saturated heterocycles. The molecule has 0 aliphatic rings. The van der Waals surface area contributed by atoms with E-state index >= 15 is 0 Å². The summed E-state index contributed by atoms with van der Waals surface area (Å²) >= 11 is 2.34. The van der Waals surface area contributed by atoms with Crippen molar-refractivity contribution < 1.29 is 4.79 Å². The van der Waals surface area contributed by atoms with Gasteiger partial charge in [-0.05, 0) is 54.1 Å². The minimum absolute atomic E-state index is 0.163. The molecule has 4 heteroatoms. The molecular formula is C14H21IN2O. The van der Waals surface area contributed by atoms with E-state index < -0.39 is 0 Å². The van der Waals surface area contributed by atoms with Gasteiger partial charge in [-0.25, -0.2) is 0 Å². The summed E-state index contributed by atoms with van der Waals surface area (Å²) in [7, 11) is 5.63. The summed E-state index contributed by atoms with van der Waals surface area (Å²) < 4.78 is 1.22. The Balaban J connectivity index is 2.80. The number of carbonyl (C=O) groups excluding carboxylic acids is 1. The van der Waals surface area contributed by atoms with Gasteiger partial charge in [-0.3, -0.25) is 4.79 Å². The zero-order chi connectivity index (χ0) is 13.9. The second-order valence-corrected chi connectivity index (χ2v) is 6.07. The van der Waals surface area contributed by atoms with E-state index in [-0.39, 0.29) is 11.9 Å². The number of hydrogen-bond donors (Lipinski definition) is 0. The van der Waals surface area contributed by atoms with Crippen LogP contribution in [0.3, 0.4) is 0 Å². The molecule has 100 valence electrons. The second kappa shape index (κ2) is 6.41. The van der Waals surface area contributed by atoms with Crippen molar-refractivity contribution in [3.63, 3.8) is 0 Å². The highest BCUT2D eigenvalue weighted by atomic mass is 127. The van der Waals surface area contributed by atoms with Crippen LogP contribution in [0.4, 0.5) is 5.69 Å². The van der Waals surface area contributed by atoms with Crippen LogP contribution in [0.5, 0.6) is 0 Å². The summed E-state index contributed by atoms with van der Waals surface area (Å²) in [5.41, 5.74) is 2.44. The van der Waals surface area contributed by atoms with E-state index in [0.717, 1.165) is 0 Å². The van der Waals surface area contributed by atoms with Crippen LogP contribution in [0.25, 0.3) is 0 Å². The molecule has 3 nitrogen and oxygen atoms in total. The normalized spacial score (nSPS) is 12.1. The van der Waals surface area contributed by atoms with E-state index in [9.17, 15) is 4.79 Å². The first kappa shape index (κ1) is 15.3. The molecule has 1 amide bonds. The third kappa shape index (κ3) is 3.86. The van der Waals surface area contributed by atoms with E-state index in [1.54, 1.807) is 19.0 Å². The summed E-state index contributed by atoms with van der Waals surface area (Å²) in [6.45, 7) is 4.17. The molecule has 1 atom stereocenters. The Labute approximate surface area is 123 Å². The van der Waals surface area contributed by atoms with Crippen LogP contribution in [-0.2, 0) is 4.79 Å². The number of amides is 1. The lowest BCUT2D eigenvalue weighted by Crippen LogP contribution is -2.35. The quantitative estimate of drug-likeness (QED) is 0.771. The van der Waals surface area contributed by atoms with Crippen molar-refractivity contribution in [1.82, 2.24) is 4.90 Å². The van der Waals surface area contributed by atoms with Gasteiger partial charge in [0, 0.05) is 37.2 Å². The zero-order valence-corrected chi connectivity index (χ0v) is 13.9. The lowest BCUT2D eigenvalue weighted by atomic mass is 10.1. The number of rotatable bonds is 4. The molecule has 0 saturated carbocycles. The smallest absolute Gasteiger partial charge is 0.224 e. The van der Waals surface area contributed by atoms with Gasteiger partial charge in [0.1, 0.15) is 0 Å². The Hall–Kier alpha value is -0.780. The van der Waals surface area contributed by atoms with Crippen molar-refractivity contribution in [1.29, 1.82) is 0 Å². The molecule has 0 spiro atoms. The maximum Gasteiger partial charge on any atom is 0.224 e. The summed E-state index contributed by atoms with van der Waals surface area (Å²) in [4.78, 5) is 15.5. The predicted molar refractivity (Wildman–Crippen MR) is 85.1 cm³/mol. The zero-order valence-electron chi connectivity index (χ0n) is 11.7. The number of aryl methyl sites for hydroxylation is 1. The molecule has 0 N–H and O–H groups in total. The van der Waals surface area contributed by atoms with E-state index in [4.69, 9.17) is 0 Å². The lowest BCUT2D eigenvalue weighted by Gasteiger charge is -2.28. The minimum atomic E-state index is 0.163. The van der Waals surface area contributed by atoms with Crippen LogP contribution in [0.1, 0.15) is 18.9 Å². The van der Waals surface area contributed by atoms with Crippen LogP contribution in [-0.4, -0.2) is 38.0 Å². The fourth-order valence-corrected chi connectivity index (χ4v) is 2.76. The number of nitrogens with zero attached hydrogens (tertiary/aromatic N) is 2. The van der Waals surface area contributed by atoms with Crippen molar-refractivity contribution >= 4 is 34.2 Å². The van der Waals surface area contributed by atoms with Crippen LogP contribution in [0.2, 0.25) is 0 Å². The first-order chi connectivity index (χ1) is 8.32. The van der Waals surface area contributed by atoms with Crippen LogP contribution >= 0.6 is 22.6 Å². The van der Waals surface area contributed by atoms with E-state index in [0.29, 0.717) is 6.42 Å². The first-order valence-corrected chi connectivity index (χ1v) is 7.10. The fraction of sp³-hybridized carbons (Fsp3) is 0.500. The van der Waals surface area contributed by atoms with Crippen molar-refractivity contribution in [2.45, 2.75) is 26.3 Å². The van der Waals surface area contributed by atoms with Crippen LogP contribution in [0, 0.1) is 10.5 Å². The summed E-state index contributed by atoms with van der Waals surface area (Å²) in [6, 6.07) is 6.57. The maximum absolute atomic E-state index is 11.7. The Morgan fingerprint density at radius 2 is 1.94 bits per heavy atom. The van der Waals surface area contributed by atoms with Gasteiger partial charge in [-0.1, -0.05) is 6.07 Å². The predicted octanol–water partition coefficient (Wildman–Crippen LogP) is 2.90. The fourth-order valence-electron chi connectivity index (χ4n) is 1.71. The molecule has 0 radical (unpaired) electrons. The molecule has 18 heavy (non-hydrogen) atoms. The molecule has 0 heterocycles. The van der Waals surface area contributed by atoms with Gasteiger partial charge < -0.3 is 9.80 Å². The number of hydrogen-bond acceptors (Lipinski definition) is 2. The van der Waals surface area contributed by atoms with Gasteiger partial charge in [0.05, 0.1) is 5.69 Å². The van der Waals surface area contributed by atoms with E-state index in [1.165, 1.54) is 14.8 Å². The molecule has 1 aromatic rings. The van der Waals surface area contributed by atoms with Gasteiger partial charge in [0.25, 0.3) is 0 Å². The molecule has 0 aliphatic heterocycles. The third-order valence-corrected chi connectivity index (χ3v) is 3.98. The molecular weight excluding hydrogens is 339 g/mol. The van der Waals surface area contributed by atoms with Gasteiger partial charge in [-0.15, -0.1) is 0 Å². The highest BCUT2D eigenvalue weighted by molar-refractivity contribution is 14.1. The number of benzene rings is 1.